The van der Waals surface area contributed by atoms with Crippen LogP contribution in [0.15, 0.2) is 21.6 Å². The first kappa shape index (κ1) is 28.9. The molecule has 0 aromatic rings. The number of ether oxygens (including phenoxy) is 2. The maximum Gasteiger partial charge on any atom is 0.306 e. The van der Waals surface area contributed by atoms with Crippen LogP contribution in [-0.4, -0.2) is 83.5 Å². The summed E-state index contributed by atoms with van der Waals surface area (Å²) in [6.07, 6.45) is 10.9. The summed E-state index contributed by atoms with van der Waals surface area (Å²) in [6.45, 7) is 1.06. The summed E-state index contributed by atoms with van der Waals surface area (Å²) in [5, 5.41) is 16.8. The second-order valence-corrected chi connectivity index (χ2v) is 12.0. The summed E-state index contributed by atoms with van der Waals surface area (Å²) in [6, 6.07) is 0. The summed E-state index contributed by atoms with van der Waals surface area (Å²) in [4.78, 5) is 34.2. The number of carbonyl (C=O) groups is 2. The van der Waals surface area contributed by atoms with Crippen molar-refractivity contribution >= 4 is 29.9 Å². The van der Waals surface area contributed by atoms with E-state index in [1.165, 1.54) is 19.8 Å². The molecule has 3 heterocycles. The zero-order chi connectivity index (χ0) is 28.3. The van der Waals surface area contributed by atoms with Gasteiger partial charge in [0.1, 0.15) is 24.7 Å². The van der Waals surface area contributed by atoms with Gasteiger partial charge in [-0.05, 0) is 44.4 Å². The van der Waals surface area contributed by atoms with Crippen LogP contribution in [0.5, 0.6) is 0 Å². The number of guanidine groups is 1. The SMILES string of the molecule is CN=C1NC(NC(=O)CC2CCCCC2)=NC2C1=CC=[N+]2[C@@H]1O[C@H](COC(=O)CC2CCCCC2)[C@@H](O)[C@@]1(C)F. The molecule has 3 N–H and O–H groups in total. The molecule has 11 heteroatoms. The van der Waals surface area contributed by atoms with E-state index in [1.807, 2.05) is 0 Å². The van der Waals surface area contributed by atoms with Gasteiger partial charge in [0.15, 0.2) is 6.21 Å². The Kier molecular flexibility index (Phi) is 8.99. The fourth-order valence-electron chi connectivity index (χ4n) is 6.70. The first-order valence-electron chi connectivity index (χ1n) is 14.9. The Hall–Kier alpha value is -2.66. The highest BCUT2D eigenvalue weighted by atomic mass is 19.1. The first-order chi connectivity index (χ1) is 19.3. The lowest BCUT2D eigenvalue weighted by Gasteiger charge is -2.27. The Balaban J connectivity index is 1.23. The molecule has 2 saturated carbocycles. The van der Waals surface area contributed by atoms with Gasteiger partial charge in [-0.3, -0.25) is 19.9 Å². The number of allylic oxidation sites excluding steroid dienone is 1. The van der Waals surface area contributed by atoms with E-state index in [-0.39, 0.29) is 24.4 Å². The summed E-state index contributed by atoms with van der Waals surface area (Å²) in [7, 11) is 1.63. The van der Waals surface area contributed by atoms with E-state index < -0.39 is 30.3 Å². The topological polar surface area (TPSA) is 125 Å². The molecule has 0 radical (unpaired) electrons. The van der Waals surface area contributed by atoms with Gasteiger partial charge >= 0.3 is 5.97 Å². The minimum absolute atomic E-state index is 0.118. The summed E-state index contributed by atoms with van der Waals surface area (Å²) in [5.74, 6) is 0.993. The molecule has 1 unspecified atom stereocenters. The third-order valence-corrected chi connectivity index (χ3v) is 9.01. The Labute approximate surface area is 235 Å². The number of rotatable bonds is 7. The fourth-order valence-corrected chi connectivity index (χ4v) is 6.70. The summed E-state index contributed by atoms with van der Waals surface area (Å²) < 4.78 is 29.0. The third-order valence-electron chi connectivity index (χ3n) is 9.01. The number of amides is 1. The Morgan fingerprint density at radius 2 is 1.82 bits per heavy atom. The van der Waals surface area contributed by atoms with Crippen molar-refractivity contribution in [1.82, 2.24) is 10.6 Å². The van der Waals surface area contributed by atoms with Crippen LogP contribution >= 0.6 is 0 Å². The van der Waals surface area contributed by atoms with Gasteiger partial charge < -0.3 is 19.9 Å². The lowest BCUT2D eigenvalue weighted by molar-refractivity contribution is -0.637. The number of nitrogens with zero attached hydrogens (tertiary/aromatic N) is 3. The van der Waals surface area contributed by atoms with Crippen molar-refractivity contribution in [3.63, 3.8) is 0 Å². The monoisotopic (exact) mass is 560 g/mol. The zero-order valence-corrected chi connectivity index (χ0v) is 23.6. The van der Waals surface area contributed by atoms with Gasteiger partial charge in [0.25, 0.3) is 12.4 Å². The number of alkyl halides is 1. The average molecular weight is 561 g/mol. The van der Waals surface area contributed by atoms with Gasteiger partial charge in [-0.2, -0.15) is 9.57 Å². The number of amidine groups is 1. The van der Waals surface area contributed by atoms with Crippen molar-refractivity contribution in [2.75, 3.05) is 13.7 Å². The van der Waals surface area contributed by atoms with Crippen molar-refractivity contribution in [3.8, 4) is 0 Å². The number of fused-ring (bicyclic) bond motifs is 1. The van der Waals surface area contributed by atoms with Gasteiger partial charge in [0, 0.05) is 26.0 Å². The second kappa shape index (κ2) is 12.5. The molecular weight excluding hydrogens is 517 g/mol. The molecule has 2 aliphatic carbocycles. The Morgan fingerprint density at radius 3 is 2.48 bits per heavy atom. The summed E-state index contributed by atoms with van der Waals surface area (Å²) in [5.41, 5.74) is -1.47. The molecule has 0 aromatic carbocycles. The van der Waals surface area contributed by atoms with Crippen molar-refractivity contribution in [2.45, 2.75) is 114 Å². The number of hydrogen-bond donors (Lipinski definition) is 3. The van der Waals surface area contributed by atoms with E-state index in [9.17, 15) is 14.7 Å². The number of carbonyl (C=O) groups excluding carboxylic acids is 2. The molecule has 5 rings (SSSR count). The smallest absolute Gasteiger partial charge is 0.306 e. The molecule has 1 amide bonds. The van der Waals surface area contributed by atoms with Crippen LogP contribution in [0.1, 0.15) is 84.0 Å². The number of esters is 1. The standard InChI is InChI=1S/C29H42FN5O5/c1-29(30)24(38)21(17-39-23(37)16-19-11-7-4-8-12-19)40-27(29)35-14-13-20-25(31-2)33-28(34-26(20)35)32-22(36)15-18-9-5-3-6-10-18/h13-14,18-19,21,24,26-27,38H,3-12,15-17H2,1-2H3,(H-,31,32,33,34,36)/p+1/t21-,24-,26?,27-,29-/m1/s1. The number of nitrogens with one attached hydrogen (secondary N) is 2. The van der Waals surface area contributed by atoms with Gasteiger partial charge in [-0.25, -0.2) is 4.39 Å². The van der Waals surface area contributed by atoms with Crippen molar-refractivity contribution in [3.05, 3.63) is 11.6 Å². The highest BCUT2D eigenvalue weighted by Gasteiger charge is 2.62. The van der Waals surface area contributed by atoms with Crippen LogP contribution in [0.2, 0.25) is 0 Å². The highest BCUT2D eigenvalue weighted by Crippen LogP contribution is 2.38. The molecule has 5 atom stereocenters. The normalized spacial score (nSPS) is 34.0. The van der Waals surface area contributed by atoms with Crippen LogP contribution in [0.3, 0.4) is 0 Å². The van der Waals surface area contributed by atoms with Crippen molar-refractivity contribution in [1.29, 1.82) is 0 Å². The molecule has 220 valence electrons. The first-order valence-corrected chi connectivity index (χ1v) is 14.9. The lowest BCUT2D eigenvalue weighted by atomic mass is 9.87. The van der Waals surface area contributed by atoms with Crippen LogP contribution in [0, 0.1) is 11.8 Å². The number of aliphatic imine (C=N–C) groups is 2. The second-order valence-electron chi connectivity index (χ2n) is 12.0. The molecule has 0 bridgehead atoms. The Morgan fingerprint density at radius 1 is 1.18 bits per heavy atom. The molecule has 40 heavy (non-hydrogen) atoms. The number of hydrogen-bond acceptors (Lipinski definition) is 7. The molecular formula is C29H43FN5O5+. The minimum Gasteiger partial charge on any atom is -0.463 e. The highest BCUT2D eigenvalue weighted by molar-refractivity contribution is 6.15. The largest absolute Gasteiger partial charge is 0.463 e. The van der Waals surface area contributed by atoms with E-state index in [1.54, 1.807) is 23.9 Å². The van der Waals surface area contributed by atoms with Gasteiger partial charge in [0.2, 0.25) is 17.5 Å². The van der Waals surface area contributed by atoms with Crippen LogP contribution in [0.4, 0.5) is 4.39 Å². The van der Waals surface area contributed by atoms with E-state index in [0.717, 1.165) is 51.4 Å². The zero-order valence-electron chi connectivity index (χ0n) is 23.6. The average Bonchev–Trinajstić information content (AvgIpc) is 3.45. The molecule has 0 spiro atoms. The number of halogens is 1. The number of aliphatic hydroxyl groups is 1. The van der Waals surface area contributed by atoms with Crippen molar-refractivity contribution < 1.29 is 33.1 Å². The predicted molar refractivity (Wildman–Crippen MR) is 148 cm³/mol. The molecule has 1 saturated heterocycles. The maximum atomic E-state index is 16.0. The van der Waals surface area contributed by atoms with E-state index in [4.69, 9.17) is 9.47 Å². The molecule has 0 aromatic heterocycles. The quantitative estimate of drug-likeness (QED) is 0.325. The fraction of sp³-hybridized carbons (Fsp3) is 0.759. The minimum atomic E-state index is -2.17. The molecule has 3 aliphatic heterocycles. The maximum absolute atomic E-state index is 16.0. The third kappa shape index (κ3) is 6.30. The Bertz CT molecular complexity index is 1090. The molecule has 10 nitrogen and oxygen atoms in total. The van der Waals surface area contributed by atoms with Crippen LogP contribution in [-0.2, 0) is 19.1 Å². The van der Waals surface area contributed by atoms with E-state index in [0.29, 0.717) is 36.1 Å². The summed E-state index contributed by atoms with van der Waals surface area (Å²) >= 11 is 0. The van der Waals surface area contributed by atoms with Crippen LogP contribution in [0.25, 0.3) is 0 Å². The van der Waals surface area contributed by atoms with Gasteiger partial charge in [0.05, 0.1) is 5.57 Å². The lowest BCUT2D eigenvalue weighted by Crippen LogP contribution is -2.54. The van der Waals surface area contributed by atoms with Gasteiger partial charge in [-0.1, -0.05) is 38.5 Å². The number of aliphatic hydroxyl groups excluding tert-OH is 1. The predicted octanol–water partition coefficient (Wildman–Crippen LogP) is 2.74. The molecule has 5 aliphatic rings. The van der Waals surface area contributed by atoms with Crippen molar-refractivity contribution in [2.24, 2.45) is 21.8 Å². The van der Waals surface area contributed by atoms with E-state index in [2.05, 4.69) is 20.6 Å². The van der Waals surface area contributed by atoms with Gasteiger partial charge in [-0.15, -0.1) is 0 Å². The van der Waals surface area contributed by atoms with Crippen LogP contribution < -0.4 is 10.6 Å². The molecule has 3 fully saturated rings. The van der Waals surface area contributed by atoms with E-state index >= 15 is 4.39 Å².